The number of fused-ring (bicyclic) bond motifs is 1. The van der Waals surface area contributed by atoms with Gasteiger partial charge in [-0.05, 0) is 25.2 Å². The van der Waals surface area contributed by atoms with Gasteiger partial charge in [0, 0.05) is 36.3 Å². The number of anilines is 3. The molecule has 3 rings (SSSR count). The molecule has 0 aliphatic carbocycles. The Morgan fingerprint density at radius 2 is 2.35 bits per heavy atom. The van der Waals surface area contributed by atoms with Gasteiger partial charge in [0.2, 0.25) is 0 Å². The van der Waals surface area contributed by atoms with Crippen LogP contribution in [0.4, 0.5) is 16.5 Å². The number of aromatic nitrogens is 1. The van der Waals surface area contributed by atoms with Crippen LogP contribution in [0.15, 0.2) is 30.0 Å². The number of carbonyl (C=O) groups is 1. The average Bonchev–Trinajstić information content (AvgIpc) is 3.00. The van der Waals surface area contributed by atoms with E-state index in [2.05, 4.69) is 27.6 Å². The molecule has 2 heterocycles. The molecule has 1 aliphatic rings. The van der Waals surface area contributed by atoms with Gasteiger partial charge in [-0.3, -0.25) is 4.79 Å². The fourth-order valence-electron chi connectivity index (χ4n) is 2.47. The SMILES string of the molecule is CN1CCc2nc(N/C=C(/C#N)C(=O)Nc3ccc(N)c(Cl)c3)sc2C1. The normalized spacial score (nSPS) is 14.4. The zero-order valence-electron chi connectivity index (χ0n) is 14.0. The Morgan fingerprint density at radius 1 is 1.54 bits per heavy atom. The maximum atomic E-state index is 12.3. The van der Waals surface area contributed by atoms with Crippen molar-refractivity contribution >= 4 is 45.4 Å². The maximum absolute atomic E-state index is 12.3. The molecule has 0 atom stereocenters. The smallest absolute Gasteiger partial charge is 0.267 e. The van der Waals surface area contributed by atoms with Crippen LogP contribution in [0, 0.1) is 11.3 Å². The summed E-state index contributed by atoms with van der Waals surface area (Å²) in [5.41, 5.74) is 7.53. The molecule has 134 valence electrons. The molecule has 2 aromatic rings. The van der Waals surface area contributed by atoms with Crippen LogP contribution < -0.4 is 16.4 Å². The van der Waals surface area contributed by atoms with E-state index in [0.717, 1.165) is 25.2 Å². The largest absolute Gasteiger partial charge is 0.398 e. The summed E-state index contributed by atoms with van der Waals surface area (Å²) in [6.45, 7) is 1.84. The Bertz CT molecular complexity index is 916. The molecule has 9 heteroatoms. The number of nitrogens with one attached hydrogen (secondary N) is 2. The third kappa shape index (κ3) is 4.14. The Balaban J connectivity index is 1.69. The number of nitrogens with two attached hydrogens (primary N) is 1. The molecule has 0 saturated heterocycles. The Hall–Kier alpha value is -2.60. The number of nitrogen functional groups attached to an aromatic ring is 1. The van der Waals surface area contributed by atoms with Crippen LogP contribution in [0.25, 0.3) is 0 Å². The van der Waals surface area contributed by atoms with Crippen molar-refractivity contribution < 1.29 is 4.79 Å². The minimum atomic E-state index is -0.540. The predicted octanol–water partition coefficient (Wildman–Crippen LogP) is 2.82. The molecular formula is C17H17ClN6OS. The van der Waals surface area contributed by atoms with Gasteiger partial charge in [-0.15, -0.1) is 11.3 Å². The van der Waals surface area contributed by atoms with Gasteiger partial charge in [0.25, 0.3) is 5.91 Å². The number of hydrogen-bond acceptors (Lipinski definition) is 7. The second kappa shape index (κ2) is 7.74. The first-order valence-electron chi connectivity index (χ1n) is 7.86. The first-order chi connectivity index (χ1) is 12.5. The molecule has 1 aliphatic heterocycles. The van der Waals surface area contributed by atoms with E-state index in [1.54, 1.807) is 12.1 Å². The number of rotatable bonds is 4. The number of carbonyl (C=O) groups excluding carboxylic acids is 1. The van der Waals surface area contributed by atoms with Gasteiger partial charge in [0.1, 0.15) is 11.6 Å². The van der Waals surface area contributed by atoms with Crippen LogP contribution in [0.5, 0.6) is 0 Å². The summed E-state index contributed by atoms with van der Waals surface area (Å²) in [5.74, 6) is -0.540. The number of nitriles is 1. The van der Waals surface area contributed by atoms with Gasteiger partial charge in [-0.2, -0.15) is 5.26 Å². The van der Waals surface area contributed by atoms with E-state index < -0.39 is 5.91 Å². The van der Waals surface area contributed by atoms with Crippen molar-refractivity contribution in [1.29, 1.82) is 5.26 Å². The minimum absolute atomic E-state index is 0.0664. The fourth-order valence-corrected chi connectivity index (χ4v) is 3.71. The standard InChI is InChI=1S/C17H17ClN6OS/c1-24-5-4-14-15(9-24)26-17(23-14)21-8-10(7-19)16(25)22-11-2-3-13(20)12(18)6-11/h2-3,6,8H,4-5,9,20H2,1H3,(H,21,23)(H,22,25)/b10-8-. The van der Waals surface area contributed by atoms with Crippen molar-refractivity contribution in [2.75, 3.05) is 30.0 Å². The second-order valence-corrected chi connectivity index (χ2v) is 7.37. The zero-order valence-corrected chi connectivity index (χ0v) is 15.6. The Kier molecular flexibility index (Phi) is 5.42. The van der Waals surface area contributed by atoms with E-state index in [1.807, 2.05) is 6.07 Å². The van der Waals surface area contributed by atoms with E-state index in [4.69, 9.17) is 17.3 Å². The van der Waals surface area contributed by atoms with Gasteiger partial charge in [0.05, 0.1) is 16.4 Å². The highest BCUT2D eigenvalue weighted by Crippen LogP contribution is 2.28. The third-order valence-corrected chi connectivity index (χ3v) is 5.23. The number of likely N-dealkylation sites (N-methyl/N-ethyl adjacent to an activating group) is 1. The molecule has 0 fully saturated rings. The lowest BCUT2D eigenvalue weighted by Crippen LogP contribution is -2.25. The number of amides is 1. The molecule has 7 nitrogen and oxygen atoms in total. The summed E-state index contributed by atoms with van der Waals surface area (Å²) in [5, 5.41) is 15.8. The molecule has 1 aromatic carbocycles. The monoisotopic (exact) mass is 388 g/mol. The average molecular weight is 389 g/mol. The topological polar surface area (TPSA) is 107 Å². The van der Waals surface area contributed by atoms with Crippen LogP contribution in [0.1, 0.15) is 10.6 Å². The van der Waals surface area contributed by atoms with Crippen molar-refractivity contribution in [3.05, 3.63) is 45.6 Å². The highest BCUT2D eigenvalue weighted by Gasteiger charge is 2.18. The summed E-state index contributed by atoms with van der Waals surface area (Å²) in [6, 6.07) is 6.62. The summed E-state index contributed by atoms with van der Waals surface area (Å²) in [6.07, 6.45) is 2.26. The summed E-state index contributed by atoms with van der Waals surface area (Å²) in [4.78, 5) is 20.2. The Morgan fingerprint density at radius 3 is 3.08 bits per heavy atom. The molecule has 0 spiro atoms. The van der Waals surface area contributed by atoms with Crippen LogP contribution in [-0.2, 0) is 17.8 Å². The number of hydrogen-bond donors (Lipinski definition) is 3. The highest BCUT2D eigenvalue weighted by molar-refractivity contribution is 7.15. The van der Waals surface area contributed by atoms with E-state index in [1.165, 1.54) is 28.5 Å². The van der Waals surface area contributed by atoms with E-state index in [9.17, 15) is 10.1 Å². The van der Waals surface area contributed by atoms with Crippen molar-refractivity contribution in [2.24, 2.45) is 0 Å². The lowest BCUT2D eigenvalue weighted by Gasteiger charge is -2.20. The van der Waals surface area contributed by atoms with E-state index in [-0.39, 0.29) is 5.57 Å². The van der Waals surface area contributed by atoms with Gasteiger partial charge in [0.15, 0.2) is 5.13 Å². The fraction of sp³-hybridized carbons (Fsp3) is 0.235. The quantitative estimate of drug-likeness (QED) is 0.422. The lowest BCUT2D eigenvalue weighted by molar-refractivity contribution is -0.112. The van der Waals surface area contributed by atoms with Gasteiger partial charge >= 0.3 is 0 Å². The number of nitrogens with zero attached hydrogens (tertiary/aromatic N) is 3. The van der Waals surface area contributed by atoms with Crippen molar-refractivity contribution in [2.45, 2.75) is 13.0 Å². The highest BCUT2D eigenvalue weighted by atomic mass is 35.5. The first-order valence-corrected chi connectivity index (χ1v) is 9.06. The molecule has 1 amide bonds. The summed E-state index contributed by atoms with van der Waals surface area (Å²) >= 11 is 7.46. The molecule has 0 unspecified atom stereocenters. The lowest BCUT2D eigenvalue weighted by atomic mass is 10.2. The zero-order chi connectivity index (χ0) is 18.7. The van der Waals surface area contributed by atoms with Crippen molar-refractivity contribution in [1.82, 2.24) is 9.88 Å². The van der Waals surface area contributed by atoms with Gasteiger partial charge in [-0.25, -0.2) is 4.98 Å². The molecular weight excluding hydrogens is 372 g/mol. The molecule has 0 saturated carbocycles. The third-order valence-electron chi connectivity index (χ3n) is 3.89. The molecule has 4 N–H and O–H groups in total. The maximum Gasteiger partial charge on any atom is 0.267 e. The second-order valence-electron chi connectivity index (χ2n) is 5.88. The van der Waals surface area contributed by atoms with Gasteiger partial charge < -0.3 is 21.3 Å². The van der Waals surface area contributed by atoms with E-state index >= 15 is 0 Å². The molecule has 0 radical (unpaired) electrons. The van der Waals surface area contributed by atoms with Crippen LogP contribution in [0.2, 0.25) is 5.02 Å². The number of halogens is 1. The number of benzene rings is 1. The van der Waals surface area contributed by atoms with Crippen molar-refractivity contribution in [3.8, 4) is 6.07 Å². The molecule has 26 heavy (non-hydrogen) atoms. The summed E-state index contributed by atoms with van der Waals surface area (Å²) in [7, 11) is 2.07. The molecule has 1 aromatic heterocycles. The first kappa shape index (κ1) is 18.2. The van der Waals surface area contributed by atoms with Crippen molar-refractivity contribution in [3.63, 3.8) is 0 Å². The van der Waals surface area contributed by atoms with Gasteiger partial charge in [-0.1, -0.05) is 11.6 Å². The van der Waals surface area contributed by atoms with E-state index in [0.29, 0.717) is 21.5 Å². The predicted molar refractivity (Wildman–Crippen MR) is 104 cm³/mol. The Labute approximate surface area is 160 Å². The molecule has 0 bridgehead atoms. The van der Waals surface area contributed by atoms with Crippen LogP contribution in [0.3, 0.4) is 0 Å². The number of thiazole rings is 1. The van der Waals surface area contributed by atoms with Crippen LogP contribution in [-0.4, -0.2) is 29.4 Å². The summed E-state index contributed by atoms with van der Waals surface area (Å²) < 4.78 is 0. The van der Waals surface area contributed by atoms with Crippen LogP contribution >= 0.6 is 22.9 Å². The minimum Gasteiger partial charge on any atom is -0.398 e.